The lowest BCUT2D eigenvalue weighted by atomic mass is 9.96. The van der Waals surface area contributed by atoms with Gasteiger partial charge >= 0.3 is 5.97 Å². The fourth-order valence-electron chi connectivity index (χ4n) is 1.93. The maximum Gasteiger partial charge on any atom is 0.303 e. The number of rotatable bonds is 5. The predicted molar refractivity (Wildman–Crippen MR) is 65.4 cm³/mol. The topological polar surface area (TPSA) is 46.5 Å². The van der Waals surface area contributed by atoms with Crippen molar-refractivity contribution in [1.82, 2.24) is 0 Å². The molecule has 2 rings (SSSR count). The third-order valence-electron chi connectivity index (χ3n) is 3.17. The van der Waals surface area contributed by atoms with Crippen molar-refractivity contribution in [2.75, 3.05) is 0 Å². The lowest BCUT2D eigenvalue weighted by Crippen LogP contribution is -2.25. The molecule has 1 aliphatic rings. The van der Waals surface area contributed by atoms with Crippen molar-refractivity contribution >= 4 is 5.97 Å². The first-order valence-corrected chi connectivity index (χ1v) is 6.13. The number of carbonyl (C=O) groups is 1. The summed E-state index contributed by atoms with van der Waals surface area (Å²) < 4.78 is 5.88. The van der Waals surface area contributed by atoms with Crippen molar-refractivity contribution in [1.29, 1.82) is 0 Å². The van der Waals surface area contributed by atoms with Crippen molar-refractivity contribution in [3.05, 3.63) is 29.3 Å². The minimum Gasteiger partial charge on any atom is -0.490 e. The number of hydrogen-bond acceptors (Lipinski definition) is 2. The van der Waals surface area contributed by atoms with E-state index >= 15 is 0 Å². The van der Waals surface area contributed by atoms with Crippen LogP contribution in [-0.2, 0) is 11.2 Å². The molecular formula is C14H18O3. The number of benzene rings is 1. The predicted octanol–water partition coefficient (Wildman–Crippen LogP) is 2.94. The Morgan fingerprint density at radius 1 is 1.47 bits per heavy atom. The molecule has 3 heteroatoms. The lowest BCUT2D eigenvalue weighted by molar-refractivity contribution is -0.136. The number of aryl methyl sites for hydroxylation is 2. The van der Waals surface area contributed by atoms with Gasteiger partial charge in [0.1, 0.15) is 5.75 Å². The SMILES string of the molecule is Cc1ccc(OC2CCC2)c(CCC(=O)O)c1. The van der Waals surface area contributed by atoms with E-state index in [-0.39, 0.29) is 6.42 Å². The first-order valence-electron chi connectivity index (χ1n) is 6.13. The highest BCUT2D eigenvalue weighted by Gasteiger charge is 2.20. The third kappa shape index (κ3) is 3.22. The van der Waals surface area contributed by atoms with Gasteiger partial charge in [-0.3, -0.25) is 4.79 Å². The summed E-state index contributed by atoms with van der Waals surface area (Å²) >= 11 is 0. The summed E-state index contributed by atoms with van der Waals surface area (Å²) in [5.74, 6) is 0.0997. The summed E-state index contributed by atoms with van der Waals surface area (Å²) in [5, 5.41) is 8.73. The molecular weight excluding hydrogens is 216 g/mol. The Morgan fingerprint density at radius 3 is 2.82 bits per heavy atom. The smallest absolute Gasteiger partial charge is 0.303 e. The zero-order valence-electron chi connectivity index (χ0n) is 10.1. The van der Waals surface area contributed by atoms with Gasteiger partial charge in [-0.25, -0.2) is 0 Å². The monoisotopic (exact) mass is 234 g/mol. The van der Waals surface area contributed by atoms with Gasteiger partial charge in [0.05, 0.1) is 6.10 Å². The zero-order chi connectivity index (χ0) is 12.3. The largest absolute Gasteiger partial charge is 0.490 e. The van der Waals surface area contributed by atoms with Gasteiger partial charge in [-0.15, -0.1) is 0 Å². The van der Waals surface area contributed by atoms with E-state index in [1.807, 2.05) is 25.1 Å². The Labute approximate surface area is 101 Å². The summed E-state index contributed by atoms with van der Waals surface area (Å²) in [4.78, 5) is 10.6. The van der Waals surface area contributed by atoms with Crippen molar-refractivity contribution in [2.24, 2.45) is 0 Å². The molecule has 1 saturated carbocycles. The molecule has 1 aliphatic carbocycles. The lowest BCUT2D eigenvalue weighted by Gasteiger charge is -2.27. The Bertz CT molecular complexity index is 408. The molecule has 3 nitrogen and oxygen atoms in total. The fraction of sp³-hybridized carbons (Fsp3) is 0.500. The van der Waals surface area contributed by atoms with Crippen LogP contribution in [0, 0.1) is 6.92 Å². The third-order valence-corrected chi connectivity index (χ3v) is 3.17. The number of aliphatic carboxylic acids is 1. The molecule has 0 aliphatic heterocycles. The van der Waals surface area contributed by atoms with Crippen molar-refractivity contribution in [3.8, 4) is 5.75 Å². The molecule has 0 spiro atoms. The molecule has 1 N–H and O–H groups in total. The minimum atomic E-state index is -0.763. The van der Waals surface area contributed by atoms with Gasteiger partial charge < -0.3 is 9.84 Å². The highest BCUT2D eigenvalue weighted by atomic mass is 16.5. The molecule has 0 heterocycles. The van der Waals surface area contributed by atoms with Crippen LogP contribution in [0.4, 0.5) is 0 Å². The van der Waals surface area contributed by atoms with E-state index in [2.05, 4.69) is 0 Å². The molecule has 0 saturated heterocycles. The molecule has 1 aromatic rings. The van der Waals surface area contributed by atoms with Crippen LogP contribution in [0.2, 0.25) is 0 Å². The van der Waals surface area contributed by atoms with Gasteiger partial charge in [-0.1, -0.05) is 17.7 Å². The summed E-state index contributed by atoms with van der Waals surface area (Å²) in [7, 11) is 0. The van der Waals surface area contributed by atoms with Gasteiger partial charge in [0.2, 0.25) is 0 Å². The molecule has 17 heavy (non-hydrogen) atoms. The number of carboxylic acid groups (broad SMARTS) is 1. The normalized spacial score (nSPS) is 15.4. The number of ether oxygens (including phenoxy) is 1. The highest BCUT2D eigenvalue weighted by molar-refractivity contribution is 5.67. The first-order chi connectivity index (χ1) is 8.15. The molecule has 0 atom stereocenters. The maximum atomic E-state index is 10.6. The molecule has 1 aromatic carbocycles. The quantitative estimate of drug-likeness (QED) is 0.852. The van der Waals surface area contributed by atoms with Crippen molar-refractivity contribution < 1.29 is 14.6 Å². The van der Waals surface area contributed by atoms with Gasteiger partial charge in [0.25, 0.3) is 0 Å². The highest BCUT2D eigenvalue weighted by Crippen LogP contribution is 2.28. The Morgan fingerprint density at radius 2 is 2.24 bits per heavy atom. The van der Waals surface area contributed by atoms with Crippen molar-refractivity contribution in [3.63, 3.8) is 0 Å². The van der Waals surface area contributed by atoms with Gasteiger partial charge in [-0.2, -0.15) is 0 Å². The summed E-state index contributed by atoms with van der Waals surface area (Å²) in [5.41, 5.74) is 2.16. The number of hydrogen-bond donors (Lipinski definition) is 1. The second-order valence-corrected chi connectivity index (χ2v) is 4.68. The van der Waals surface area contributed by atoms with Gasteiger partial charge in [0.15, 0.2) is 0 Å². The van der Waals surface area contributed by atoms with Crippen LogP contribution in [0.1, 0.15) is 36.8 Å². The van der Waals surface area contributed by atoms with E-state index in [4.69, 9.17) is 9.84 Å². The molecule has 92 valence electrons. The summed E-state index contributed by atoms with van der Waals surface area (Å²) in [6.07, 6.45) is 4.50. The molecule has 1 fully saturated rings. The molecule has 0 bridgehead atoms. The Hall–Kier alpha value is -1.51. The van der Waals surface area contributed by atoms with Gasteiger partial charge in [-0.05, 0) is 44.2 Å². The van der Waals surface area contributed by atoms with Crippen LogP contribution in [0.15, 0.2) is 18.2 Å². The average molecular weight is 234 g/mol. The fourth-order valence-corrected chi connectivity index (χ4v) is 1.93. The van der Waals surface area contributed by atoms with Crippen LogP contribution in [0.3, 0.4) is 0 Å². The molecule has 0 amide bonds. The zero-order valence-corrected chi connectivity index (χ0v) is 10.1. The average Bonchev–Trinajstić information content (AvgIpc) is 2.22. The van der Waals surface area contributed by atoms with Crippen LogP contribution in [0.5, 0.6) is 5.75 Å². The Kier molecular flexibility index (Phi) is 3.67. The van der Waals surface area contributed by atoms with E-state index < -0.39 is 5.97 Å². The van der Waals surface area contributed by atoms with E-state index in [0.29, 0.717) is 12.5 Å². The van der Waals surface area contributed by atoms with Crippen LogP contribution < -0.4 is 4.74 Å². The standard InChI is InChI=1S/C14H18O3/c1-10-5-7-13(17-12-3-2-4-12)11(9-10)6-8-14(15)16/h5,7,9,12H,2-4,6,8H2,1H3,(H,15,16). The number of carboxylic acids is 1. The first kappa shape index (κ1) is 12.0. The van der Waals surface area contributed by atoms with Crippen molar-refractivity contribution in [2.45, 2.75) is 45.1 Å². The van der Waals surface area contributed by atoms with Crippen LogP contribution in [-0.4, -0.2) is 17.2 Å². The van der Waals surface area contributed by atoms with Gasteiger partial charge in [0, 0.05) is 6.42 Å². The van der Waals surface area contributed by atoms with Crippen LogP contribution >= 0.6 is 0 Å². The molecule has 0 aromatic heterocycles. The maximum absolute atomic E-state index is 10.6. The minimum absolute atomic E-state index is 0.157. The summed E-state index contributed by atoms with van der Waals surface area (Å²) in [6, 6.07) is 6.00. The second kappa shape index (κ2) is 5.21. The molecule has 0 radical (unpaired) electrons. The van der Waals surface area contributed by atoms with Crippen LogP contribution in [0.25, 0.3) is 0 Å². The van der Waals surface area contributed by atoms with E-state index in [0.717, 1.165) is 29.7 Å². The molecule has 0 unspecified atom stereocenters. The van der Waals surface area contributed by atoms with E-state index in [1.165, 1.54) is 6.42 Å². The second-order valence-electron chi connectivity index (χ2n) is 4.68. The van der Waals surface area contributed by atoms with E-state index in [9.17, 15) is 4.79 Å². The summed E-state index contributed by atoms with van der Waals surface area (Å²) in [6.45, 7) is 2.01. The Balaban J connectivity index is 2.08. The van der Waals surface area contributed by atoms with E-state index in [1.54, 1.807) is 0 Å².